The molecule has 1 atom stereocenters. The Morgan fingerprint density at radius 3 is 2.59 bits per heavy atom. The molecule has 6 nitrogen and oxygen atoms in total. The molecule has 1 saturated heterocycles. The molecule has 1 fully saturated rings. The summed E-state index contributed by atoms with van der Waals surface area (Å²) in [6.07, 6.45) is 0.928. The van der Waals surface area contributed by atoms with Gasteiger partial charge in [-0.05, 0) is 58.9 Å². The third-order valence-corrected chi connectivity index (χ3v) is 4.76. The molecule has 0 aromatic heterocycles. The van der Waals surface area contributed by atoms with Crippen molar-refractivity contribution in [3.05, 3.63) is 29.3 Å². The lowest BCUT2D eigenvalue weighted by Crippen LogP contribution is -2.47. The van der Waals surface area contributed by atoms with Crippen molar-refractivity contribution in [2.45, 2.75) is 45.7 Å². The molecular formula is C20H31ClN4O2. The van der Waals surface area contributed by atoms with Gasteiger partial charge < -0.3 is 10.6 Å². The van der Waals surface area contributed by atoms with E-state index in [1.54, 1.807) is 12.1 Å². The highest BCUT2D eigenvalue weighted by atomic mass is 35.5. The van der Waals surface area contributed by atoms with E-state index in [0.717, 1.165) is 32.6 Å². The number of nitrogens with zero attached hydrogens (tertiary/aromatic N) is 2. The summed E-state index contributed by atoms with van der Waals surface area (Å²) in [7, 11) is 0. The summed E-state index contributed by atoms with van der Waals surface area (Å²) in [5.74, 6) is -0.00103. The van der Waals surface area contributed by atoms with Crippen molar-refractivity contribution >= 4 is 29.1 Å². The van der Waals surface area contributed by atoms with E-state index in [4.69, 9.17) is 11.6 Å². The lowest BCUT2D eigenvalue weighted by Gasteiger charge is -2.27. The molecule has 0 saturated carbocycles. The van der Waals surface area contributed by atoms with E-state index in [0.29, 0.717) is 17.3 Å². The Morgan fingerprint density at radius 1 is 1.19 bits per heavy atom. The number of rotatable bonds is 5. The maximum absolute atomic E-state index is 12.6. The first kappa shape index (κ1) is 21.7. The summed E-state index contributed by atoms with van der Waals surface area (Å²) in [5.41, 5.74) is 0.483. The highest BCUT2D eigenvalue weighted by Gasteiger charge is 2.25. The molecule has 0 spiro atoms. The van der Waals surface area contributed by atoms with Crippen molar-refractivity contribution in [3.8, 4) is 0 Å². The topological polar surface area (TPSA) is 64.7 Å². The summed E-state index contributed by atoms with van der Waals surface area (Å²) >= 11 is 5.98. The fourth-order valence-electron chi connectivity index (χ4n) is 3.18. The summed E-state index contributed by atoms with van der Waals surface area (Å²) in [6.45, 7) is 11.5. The summed E-state index contributed by atoms with van der Waals surface area (Å²) < 4.78 is 0. The van der Waals surface area contributed by atoms with Crippen LogP contribution in [0.25, 0.3) is 0 Å². The van der Waals surface area contributed by atoms with Gasteiger partial charge in [-0.3, -0.25) is 19.4 Å². The minimum absolute atomic E-state index is 0.0442. The number of hydrogen-bond acceptors (Lipinski definition) is 4. The third kappa shape index (κ3) is 7.48. The number of carbonyl (C=O) groups is 2. The van der Waals surface area contributed by atoms with Gasteiger partial charge in [0, 0.05) is 35.9 Å². The molecule has 0 unspecified atom stereocenters. The number of nitrogens with one attached hydrogen (secondary N) is 2. The van der Waals surface area contributed by atoms with Gasteiger partial charge in [0.05, 0.1) is 12.6 Å². The van der Waals surface area contributed by atoms with Crippen LogP contribution in [0.5, 0.6) is 0 Å². The Labute approximate surface area is 167 Å². The van der Waals surface area contributed by atoms with Crippen molar-refractivity contribution in [1.29, 1.82) is 0 Å². The summed E-state index contributed by atoms with van der Waals surface area (Å²) in [5, 5.41) is 6.53. The highest BCUT2D eigenvalue weighted by Crippen LogP contribution is 2.16. The van der Waals surface area contributed by atoms with Crippen molar-refractivity contribution < 1.29 is 9.59 Å². The number of anilines is 1. The van der Waals surface area contributed by atoms with Gasteiger partial charge >= 0.3 is 0 Å². The van der Waals surface area contributed by atoms with Crippen molar-refractivity contribution in [2.24, 2.45) is 0 Å². The second-order valence-corrected chi connectivity index (χ2v) is 8.58. The van der Waals surface area contributed by atoms with Crippen molar-refractivity contribution in [2.75, 3.05) is 38.0 Å². The van der Waals surface area contributed by atoms with Gasteiger partial charge in [-0.2, -0.15) is 0 Å². The molecule has 0 radical (unpaired) electrons. The van der Waals surface area contributed by atoms with Crippen LogP contribution in [-0.4, -0.2) is 65.9 Å². The van der Waals surface area contributed by atoms with Crippen LogP contribution < -0.4 is 10.6 Å². The molecule has 1 aliphatic rings. The van der Waals surface area contributed by atoms with Gasteiger partial charge in [-0.15, -0.1) is 0 Å². The lowest BCUT2D eigenvalue weighted by molar-refractivity contribution is -0.124. The van der Waals surface area contributed by atoms with Gasteiger partial charge in [-0.1, -0.05) is 17.7 Å². The minimum Gasteiger partial charge on any atom is -0.350 e. The largest absolute Gasteiger partial charge is 0.350 e. The maximum atomic E-state index is 12.6. The molecule has 2 N–H and O–H groups in total. The molecule has 1 aromatic carbocycles. The predicted molar refractivity (Wildman–Crippen MR) is 110 cm³/mol. The Bertz CT molecular complexity index is 660. The third-order valence-electron chi connectivity index (χ3n) is 4.52. The van der Waals surface area contributed by atoms with E-state index < -0.39 is 0 Å². The first-order chi connectivity index (χ1) is 12.6. The molecule has 7 heteroatoms. The summed E-state index contributed by atoms with van der Waals surface area (Å²) in [4.78, 5) is 29.1. The normalized spacial score (nSPS) is 17.8. The minimum atomic E-state index is -0.243. The van der Waals surface area contributed by atoms with E-state index in [1.165, 1.54) is 0 Å². The summed E-state index contributed by atoms with van der Waals surface area (Å²) in [6, 6.07) is 6.92. The highest BCUT2D eigenvalue weighted by molar-refractivity contribution is 6.30. The van der Waals surface area contributed by atoms with Crippen LogP contribution in [0, 0.1) is 0 Å². The Kier molecular flexibility index (Phi) is 7.65. The van der Waals surface area contributed by atoms with Crippen LogP contribution in [0.1, 0.15) is 34.1 Å². The predicted octanol–water partition coefficient (Wildman–Crippen LogP) is 2.59. The molecule has 0 bridgehead atoms. The number of hydrogen-bond donors (Lipinski definition) is 2. The molecule has 2 amide bonds. The van der Waals surface area contributed by atoms with E-state index in [1.807, 2.05) is 39.8 Å². The first-order valence-corrected chi connectivity index (χ1v) is 9.86. The SMILES string of the molecule is C[C@@H](C(=O)Nc1cccc(Cl)c1)N1CCCN(CC(=O)NC(C)(C)C)CC1. The van der Waals surface area contributed by atoms with E-state index >= 15 is 0 Å². The molecule has 2 rings (SSSR count). The Morgan fingerprint density at radius 2 is 1.93 bits per heavy atom. The van der Waals surface area contributed by atoms with Crippen LogP contribution in [-0.2, 0) is 9.59 Å². The monoisotopic (exact) mass is 394 g/mol. The van der Waals surface area contributed by atoms with Crippen LogP contribution >= 0.6 is 11.6 Å². The van der Waals surface area contributed by atoms with E-state index in [2.05, 4.69) is 20.4 Å². The van der Waals surface area contributed by atoms with Crippen molar-refractivity contribution in [3.63, 3.8) is 0 Å². The molecule has 1 aromatic rings. The number of halogens is 1. The zero-order valence-electron chi connectivity index (χ0n) is 16.7. The molecule has 150 valence electrons. The second-order valence-electron chi connectivity index (χ2n) is 8.14. The average molecular weight is 395 g/mol. The van der Waals surface area contributed by atoms with Crippen LogP contribution in [0.3, 0.4) is 0 Å². The molecule has 1 aliphatic heterocycles. The van der Waals surface area contributed by atoms with Gasteiger partial charge in [0.15, 0.2) is 0 Å². The molecular weight excluding hydrogens is 364 g/mol. The van der Waals surface area contributed by atoms with Gasteiger partial charge in [-0.25, -0.2) is 0 Å². The molecule has 27 heavy (non-hydrogen) atoms. The lowest BCUT2D eigenvalue weighted by atomic mass is 10.1. The average Bonchev–Trinajstić information content (AvgIpc) is 2.78. The zero-order valence-corrected chi connectivity index (χ0v) is 17.5. The van der Waals surface area contributed by atoms with Crippen molar-refractivity contribution in [1.82, 2.24) is 15.1 Å². The Hall–Kier alpha value is -1.63. The van der Waals surface area contributed by atoms with Gasteiger partial charge in [0.25, 0.3) is 0 Å². The fraction of sp³-hybridized carbons (Fsp3) is 0.600. The van der Waals surface area contributed by atoms with Gasteiger partial charge in [0.1, 0.15) is 0 Å². The number of benzene rings is 1. The van der Waals surface area contributed by atoms with Crippen LogP contribution in [0.2, 0.25) is 5.02 Å². The smallest absolute Gasteiger partial charge is 0.241 e. The van der Waals surface area contributed by atoms with E-state index in [9.17, 15) is 9.59 Å². The van der Waals surface area contributed by atoms with Gasteiger partial charge in [0.2, 0.25) is 11.8 Å². The first-order valence-electron chi connectivity index (χ1n) is 9.48. The quantitative estimate of drug-likeness (QED) is 0.805. The Balaban J connectivity index is 1.85. The fourth-order valence-corrected chi connectivity index (χ4v) is 3.37. The van der Waals surface area contributed by atoms with Crippen LogP contribution in [0.4, 0.5) is 5.69 Å². The zero-order chi connectivity index (χ0) is 20.0. The molecule has 1 heterocycles. The van der Waals surface area contributed by atoms with E-state index in [-0.39, 0.29) is 23.4 Å². The maximum Gasteiger partial charge on any atom is 0.241 e. The molecule has 0 aliphatic carbocycles. The second kappa shape index (κ2) is 9.53. The standard InChI is InChI=1S/C20H31ClN4O2/c1-15(19(27)22-17-8-5-7-16(21)13-17)25-10-6-9-24(11-12-25)14-18(26)23-20(2,3)4/h5,7-8,13,15H,6,9-12,14H2,1-4H3,(H,22,27)(H,23,26)/t15-/m0/s1. The number of amides is 2. The number of carbonyl (C=O) groups excluding carboxylic acids is 2. The van der Waals surface area contributed by atoms with Crippen LogP contribution in [0.15, 0.2) is 24.3 Å².